The first-order valence-corrected chi connectivity index (χ1v) is 8.58. The summed E-state index contributed by atoms with van der Waals surface area (Å²) in [5.41, 5.74) is 2.45. The van der Waals surface area contributed by atoms with Gasteiger partial charge in [-0.3, -0.25) is 0 Å². The van der Waals surface area contributed by atoms with Gasteiger partial charge in [0.05, 0.1) is 0 Å². The van der Waals surface area contributed by atoms with Gasteiger partial charge in [-0.05, 0) is 49.8 Å². The molecule has 1 saturated carbocycles. The maximum absolute atomic E-state index is 6.19. The van der Waals surface area contributed by atoms with Crippen molar-refractivity contribution in [2.24, 2.45) is 5.92 Å². The van der Waals surface area contributed by atoms with Crippen molar-refractivity contribution in [3.8, 4) is 5.88 Å². The van der Waals surface area contributed by atoms with E-state index < -0.39 is 0 Å². The molecule has 118 valence electrons. The lowest BCUT2D eigenvalue weighted by Gasteiger charge is -2.27. The fourth-order valence-corrected chi connectivity index (χ4v) is 3.09. The molecule has 0 amide bonds. The third-order valence-electron chi connectivity index (χ3n) is 4.18. The Morgan fingerprint density at radius 3 is 2.86 bits per heavy atom. The number of ether oxygens (including phenoxy) is 1. The normalized spacial score (nSPS) is 22.2. The van der Waals surface area contributed by atoms with Crippen molar-refractivity contribution in [2.75, 3.05) is 6.54 Å². The third kappa shape index (κ3) is 5.31. The summed E-state index contributed by atoms with van der Waals surface area (Å²) in [6.07, 6.45) is 7.47. The Hall–Kier alpha value is -1.09. The molecule has 1 aromatic heterocycles. The van der Waals surface area contributed by atoms with E-state index in [0.717, 1.165) is 43.4 Å². The molecule has 1 heterocycles. The molecule has 1 aromatic rings. The molecule has 1 aliphatic rings. The van der Waals surface area contributed by atoms with E-state index in [4.69, 9.17) is 9.72 Å². The zero-order valence-corrected chi connectivity index (χ0v) is 13.8. The first kappa shape index (κ1) is 16.3. The Morgan fingerprint density at radius 1 is 1.29 bits per heavy atom. The van der Waals surface area contributed by atoms with Gasteiger partial charge in [0.2, 0.25) is 5.88 Å². The molecule has 21 heavy (non-hydrogen) atoms. The second-order valence-electron chi connectivity index (χ2n) is 6.35. The zero-order chi connectivity index (χ0) is 15.1. The summed E-state index contributed by atoms with van der Waals surface area (Å²) in [6.45, 7) is 8.54. The van der Waals surface area contributed by atoms with Gasteiger partial charge in [0, 0.05) is 18.3 Å². The molecule has 1 aliphatic carbocycles. The number of pyridine rings is 1. The van der Waals surface area contributed by atoms with Crippen LogP contribution in [0.3, 0.4) is 0 Å². The van der Waals surface area contributed by atoms with E-state index in [9.17, 15) is 0 Å². The smallest absolute Gasteiger partial charge is 0.214 e. The van der Waals surface area contributed by atoms with Crippen LogP contribution in [0, 0.1) is 5.92 Å². The average molecular weight is 290 g/mol. The summed E-state index contributed by atoms with van der Waals surface area (Å²) in [5.74, 6) is 1.61. The van der Waals surface area contributed by atoms with Crippen molar-refractivity contribution in [1.82, 2.24) is 10.3 Å². The van der Waals surface area contributed by atoms with Crippen LogP contribution in [-0.2, 0) is 13.0 Å². The Bertz CT molecular complexity index is 433. The van der Waals surface area contributed by atoms with Crippen LogP contribution in [0.25, 0.3) is 0 Å². The molecule has 3 nitrogen and oxygen atoms in total. The van der Waals surface area contributed by atoms with Crippen molar-refractivity contribution in [1.29, 1.82) is 0 Å². The molecule has 1 fully saturated rings. The van der Waals surface area contributed by atoms with Gasteiger partial charge in [-0.15, -0.1) is 0 Å². The van der Waals surface area contributed by atoms with Crippen LogP contribution in [0.1, 0.15) is 64.1 Å². The van der Waals surface area contributed by atoms with Gasteiger partial charge < -0.3 is 10.1 Å². The summed E-state index contributed by atoms with van der Waals surface area (Å²) in [7, 11) is 0. The molecular weight excluding hydrogens is 260 g/mol. The Kier molecular flexibility index (Phi) is 6.50. The van der Waals surface area contributed by atoms with Crippen LogP contribution in [0.15, 0.2) is 12.1 Å². The predicted molar refractivity (Wildman–Crippen MR) is 87.7 cm³/mol. The lowest BCUT2D eigenvalue weighted by molar-refractivity contribution is 0.123. The fraction of sp³-hybridized carbons (Fsp3) is 0.722. The molecule has 2 atom stereocenters. The Morgan fingerprint density at radius 2 is 2.14 bits per heavy atom. The van der Waals surface area contributed by atoms with Crippen molar-refractivity contribution < 1.29 is 4.74 Å². The number of hydrogen-bond donors (Lipinski definition) is 1. The SMILES string of the molecule is CCCc1cc(CNCC)cc(OC2CCCC(C)C2)n1. The molecule has 1 N–H and O–H groups in total. The lowest BCUT2D eigenvalue weighted by Crippen LogP contribution is -2.24. The molecule has 3 heteroatoms. The van der Waals surface area contributed by atoms with Crippen molar-refractivity contribution in [3.63, 3.8) is 0 Å². The van der Waals surface area contributed by atoms with Crippen LogP contribution in [0.5, 0.6) is 5.88 Å². The highest BCUT2D eigenvalue weighted by Crippen LogP contribution is 2.27. The van der Waals surface area contributed by atoms with Crippen LogP contribution >= 0.6 is 0 Å². The van der Waals surface area contributed by atoms with Gasteiger partial charge >= 0.3 is 0 Å². The highest BCUT2D eigenvalue weighted by atomic mass is 16.5. The van der Waals surface area contributed by atoms with E-state index in [2.05, 4.69) is 38.2 Å². The molecule has 0 aromatic carbocycles. The topological polar surface area (TPSA) is 34.1 Å². The molecule has 2 unspecified atom stereocenters. The summed E-state index contributed by atoms with van der Waals surface area (Å²) in [4.78, 5) is 4.70. The number of aromatic nitrogens is 1. The highest BCUT2D eigenvalue weighted by Gasteiger charge is 2.20. The summed E-state index contributed by atoms with van der Waals surface area (Å²) in [5, 5.41) is 3.39. The van der Waals surface area contributed by atoms with Crippen LogP contribution in [0.4, 0.5) is 0 Å². The molecule has 0 radical (unpaired) electrons. The van der Waals surface area contributed by atoms with E-state index in [1.165, 1.54) is 31.2 Å². The maximum Gasteiger partial charge on any atom is 0.214 e. The highest BCUT2D eigenvalue weighted by molar-refractivity contribution is 5.25. The van der Waals surface area contributed by atoms with E-state index >= 15 is 0 Å². The Balaban J connectivity index is 2.06. The van der Waals surface area contributed by atoms with E-state index in [1.807, 2.05) is 0 Å². The predicted octanol–water partition coefficient (Wildman–Crippen LogP) is 4.10. The van der Waals surface area contributed by atoms with Gasteiger partial charge in [0.15, 0.2) is 0 Å². The monoisotopic (exact) mass is 290 g/mol. The largest absolute Gasteiger partial charge is 0.474 e. The number of rotatable bonds is 7. The molecule has 0 spiro atoms. The van der Waals surface area contributed by atoms with E-state index in [-0.39, 0.29) is 0 Å². The summed E-state index contributed by atoms with van der Waals surface area (Å²) >= 11 is 0. The second-order valence-corrected chi connectivity index (χ2v) is 6.35. The number of nitrogens with zero attached hydrogens (tertiary/aromatic N) is 1. The number of aryl methyl sites for hydroxylation is 1. The minimum absolute atomic E-state index is 0.352. The first-order chi connectivity index (χ1) is 10.2. The van der Waals surface area contributed by atoms with Crippen LogP contribution < -0.4 is 10.1 Å². The standard InChI is InChI=1S/C18H30N2O/c1-4-7-16-11-15(13-19-5-2)12-18(20-16)21-17-9-6-8-14(3)10-17/h11-12,14,17,19H,4-10,13H2,1-3H3. The zero-order valence-electron chi connectivity index (χ0n) is 13.8. The van der Waals surface area contributed by atoms with Crippen molar-refractivity contribution >= 4 is 0 Å². The van der Waals surface area contributed by atoms with Gasteiger partial charge in [0.25, 0.3) is 0 Å². The number of nitrogens with one attached hydrogen (secondary N) is 1. The van der Waals surface area contributed by atoms with Gasteiger partial charge in [-0.2, -0.15) is 0 Å². The summed E-state index contributed by atoms with van der Waals surface area (Å²) in [6, 6.07) is 4.32. The number of hydrogen-bond acceptors (Lipinski definition) is 3. The second kappa shape index (κ2) is 8.38. The third-order valence-corrected chi connectivity index (χ3v) is 4.18. The quantitative estimate of drug-likeness (QED) is 0.821. The van der Waals surface area contributed by atoms with Crippen molar-refractivity contribution in [3.05, 3.63) is 23.4 Å². The molecule has 0 saturated heterocycles. The Labute approximate surface area is 129 Å². The van der Waals surface area contributed by atoms with Crippen LogP contribution in [0.2, 0.25) is 0 Å². The van der Waals surface area contributed by atoms with E-state index in [1.54, 1.807) is 0 Å². The molecule has 0 aliphatic heterocycles. The van der Waals surface area contributed by atoms with Gasteiger partial charge in [-0.1, -0.05) is 33.6 Å². The minimum Gasteiger partial charge on any atom is -0.474 e. The van der Waals surface area contributed by atoms with Gasteiger partial charge in [0.1, 0.15) is 6.10 Å². The average Bonchev–Trinajstić information content (AvgIpc) is 2.45. The minimum atomic E-state index is 0.352. The lowest BCUT2D eigenvalue weighted by atomic mass is 9.89. The fourth-order valence-electron chi connectivity index (χ4n) is 3.09. The maximum atomic E-state index is 6.19. The van der Waals surface area contributed by atoms with Gasteiger partial charge in [-0.25, -0.2) is 4.98 Å². The van der Waals surface area contributed by atoms with E-state index in [0.29, 0.717) is 6.10 Å². The van der Waals surface area contributed by atoms with Crippen LogP contribution in [-0.4, -0.2) is 17.6 Å². The summed E-state index contributed by atoms with van der Waals surface area (Å²) < 4.78 is 6.19. The molecular formula is C18H30N2O. The first-order valence-electron chi connectivity index (χ1n) is 8.58. The molecule has 2 rings (SSSR count). The van der Waals surface area contributed by atoms with Crippen molar-refractivity contribution in [2.45, 2.75) is 71.9 Å². The molecule has 0 bridgehead atoms.